The average Bonchev–Trinajstić information content (AvgIpc) is 2.30. The summed E-state index contributed by atoms with van der Waals surface area (Å²) in [7, 11) is 2.09. The third-order valence-corrected chi connectivity index (χ3v) is 5.36. The lowest BCUT2D eigenvalue weighted by Crippen LogP contribution is -2.28. The Labute approximate surface area is 77.7 Å². The maximum atomic E-state index is 11.1. The second-order valence-electron chi connectivity index (χ2n) is 4.03. The summed E-state index contributed by atoms with van der Waals surface area (Å²) in [6.45, 7) is 0. The van der Waals surface area contributed by atoms with E-state index in [0.29, 0.717) is 5.92 Å². The number of halogens is 1. The molecule has 0 radical (unpaired) electrons. The molecule has 2 aliphatic carbocycles. The van der Waals surface area contributed by atoms with Crippen molar-refractivity contribution >= 4 is 19.7 Å². The molecule has 0 aromatic rings. The molecule has 2 saturated carbocycles. The molecule has 0 heterocycles. The van der Waals surface area contributed by atoms with E-state index in [4.69, 9.17) is 10.7 Å². The summed E-state index contributed by atoms with van der Waals surface area (Å²) in [4.78, 5) is 0. The Morgan fingerprint density at radius 2 is 1.75 bits per heavy atom. The van der Waals surface area contributed by atoms with Crippen LogP contribution < -0.4 is 0 Å². The van der Waals surface area contributed by atoms with Gasteiger partial charge in [0.15, 0.2) is 0 Å². The van der Waals surface area contributed by atoms with Crippen LogP contribution in [0.4, 0.5) is 0 Å². The van der Waals surface area contributed by atoms with Gasteiger partial charge < -0.3 is 0 Å². The third-order valence-electron chi connectivity index (χ3n) is 3.33. The summed E-state index contributed by atoms with van der Waals surface area (Å²) >= 11 is 0. The maximum Gasteiger partial charge on any atom is 0.235 e. The number of hydrogen-bond donors (Lipinski definition) is 0. The zero-order valence-corrected chi connectivity index (χ0v) is 8.44. The van der Waals surface area contributed by atoms with Gasteiger partial charge in [0.2, 0.25) is 9.05 Å². The highest BCUT2D eigenvalue weighted by Crippen LogP contribution is 2.45. The predicted octanol–water partition coefficient (Wildman–Crippen LogP) is 2.13. The lowest BCUT2D eigenvalue weighted by atomic mass is 9.89. The maximum absolute atomic E-state index is 11.1. The molecule has 3 unspecified atom stereocenters. The summed E-state index contributed by atoms with van der Waals surface area (Å²) in [5.74, 6) is 1.16. The first kappa shape index (κ1) is 8.82. The largest absolute Gasteiger partial charge is 0.235 e. The van der Waals surface area contributed by atoms with E-state index in [-0.39, 0.29) is 5.25 Å². The first-order valence-corrected chi connectivity index (χ1v) is 6.88. The van der Waals surface area contributed by atoms with Gasteiger partial charge >= 0.3 is 0 Å². The van der Waals surface area contributed by atoms with E-state index in [1.807, 2.05) is 0 Å². The van der Waals surface area contributed by atoms with Crippen molar-refractivity contribution in [2.45, 2.75) is 37.4 Å². The molecule has 0 aromatic heterocycles. The van der Waals surface area contributed by atoms with Crippen LogP contribution in [0.1, 0.15) is 32.1 Å². The molecule has 3 atom stereocenters. The summed E-state index contributed by atoms with van der Waals surface area (Å²) in [5, 5.41) is -0.238. The second-order valence-corrected chi connectivity index (χ2v) is 6.88. The van der Waals surface area contributed by atoms with Crippen molar-refractivity contribution in [3.63, 3.8) is 0 Å². The minimum Gasteiger partial charge on any atom is -0.212 e. The van der Waals surface area contributed by atoms with Gasteiger partial charge in [0.05, 0.1) is 5.25 Å². The van der Waals surface area contributed by atoms with Crippen LogP contribution in [0.15, 0.2) is 0 Å². The molecule has 4 heteroatoms. The quantitative estimate of drug-likeness (QED) is 0.619. The van der Waals surface area contributed by atoms with E-state index in [9.17, 15) is 8.42 Å². The Hall–Kier alpha value is 0.240. The predicted molar refractivity (Wildman–Crippen MR) is 48.6 cm³/mol. The van der Waals surface area contributed by atoms with Crippen LogP contribution in [0.3, 0.4) is 0 Å². The summed E-state index contributed by atoms with van der Waals surface area (Å²) in [6.07, 6.45) is 5.24. The molecular weight excluding hydrogens is 196 g/mol. The molecule has 0 aliphatic heterocycles. The minimum absolute atomic E-state index is 0.238. The van der Waals surface area contributed by atoms with E-state index in [0.717, 1.165) is 31.6 Å². The van der Waals surface area contributed by atoms with E-state index in [2.05, 4.69) is 0 Å². The van der Waals surface area contributed by atoms with Gasteiger partial charge in [0, 0.05) is 10.7 Å². The van der Waals surface area contributed by atoms with Crippen LogP contribution in [-0.4, -0.2) is 13.7 Å². The van der Waals surface area contributed by atoms with E-state index in [1.54, 1.807) is 0 Å². The van der Waals surface area contributed by atoms with Crippen molar-refractivity contribution in [3.8, 4) is 0 Å². The molecule has 0 amide bonds. The van der Waals surface area contributed by atoms with Crippen LogP contribution in [0, 0.1) is 11.8 Å². The van der Waals surface area contributed by atoms with Crippen LogP contribution in [0.2, 0.25) is 0 Å². The highest BCUT2D eigenvalue weighted by Gasteiger charge is 2.41. The highest BCUT2D eigenvalue weighted by atomic mass is 35.7. The fraction of sp³-hybridized carbons (Fsp3) is 1.00. The Kier molecular flexibility index (Phi) is 2.11. The zero-order chi connectivity index (χ0) is 8.77. The molecule has 2 nitrogen and oxygen atoms in total. The van der Waals surface area contributed by atoms with E-state index >= 15 is 0 Å². The summed E-state index contributed by atoms with van der Waals surface area (Å²) < 4.78 is 22.3. The molecule has 2 fully saturated rings. The molecule has 0 spiro atoms. The Morgan fingerprint density at radius 1 is 1.08 bits per heavy atom. The molecule has 70 valence electrons. The van der Waals surface area contributed by atoms with Gasteiger partial charge in [0.25, 0.3) is 0 Å². The first-order valence-electron chi connectivity index (χ1n) is 4.51. The van der Waals surface area contributed by atoms with Crippen molar-refractivity contribution in [1.29, 1.82) is 0 Å². The van der Waals surface area contributed by atoms with Crippen molar-refractivity contribution in [2.75, 3.05) is 0 Å². The lowest BCUT2D eigenvalue weighted by molar-refractivity contribution is 0.360. The number of hydrogen-bond acceptors (Lipinski definition) is 2. The molecule has 0 aromatic carbocycles. The fourth-order valence-corrected chi connectivity index (χ4v) is 4.55. The van der Waals surface area contributed by atoms with Gasteiger partial charge in [-0.15, -0.1) is 0 Å². The van der Waals surface area contributed by atoms with Gasteiger partial charge in [-0.05, 0) is 37.5 Å². The van der Waals surface area contributed by atoms with Gasteiger partial charge in [-0.2, -0.15) is 0 Å². The van der Waals surface area contributed by atoms with Gasteiger partial charge in [-0.3, -0.25) is 0 Å². The molecule has 0 saturated heterocycles. The van der Waals surface area contributed by atoms with Gasteiger partial charge in [-0.25, -0.2) is 8.42 Å². The summed E-state index contributed by atoms with van der Waals surface area (Å²) in [5.41, 5.74) is 0. The molecule has 12 heavy (non-hydrogen) atoms. The van der Waals surface area contributed by atoms with Crippen LogP contribution in [0.5, 0.6) is 0 Å². The smallest absolute Gasteiger partial charge is 0.212 e. The monoisotopic (exact) mass is 208 g/mol. The molecular formula is C8H13ClO2S. The third kappa shape index (κ3) is 1.49. The van der Waals surface area contributed by atoms with Gasteiger partial charge in [-0.1, -0.05) is 6.42 Å². The molecule has 2 bridgehead atoms. The molecule has 2 rings (SSSR count). The van der Waals surface area contributed by atoms with Crippen molar-refractivity contribution in [3.05, 3.63) is 0 Å². The topological polar surface area (TPSA) is 34.1 Å². The normalized spacial score (nSPS) is 41.6. The zero-order valence-electron chi connectivity index (χ0n) is 6.87. The first-order chi connectivity index (χ1) is 5.57. The van der Waals surface area contributed by atoms with Crippen molar-refractivity contribution in [2.24, 2.45) is 11.8 Å². The second kappa shape index (κ2) is 2.88. The molecule has 2 aliphatic rings. The Balaban J connectivity index is 2.18. The van der Waals surface area contributed by atoms with Crippen molar-refractivity contribution < 1.29 is 8.42 Å². The minimum atomic E-state index is -3.29. The summed E-state index contributed by atoms with van der Waals surface area (Å²) in [6, 6.07) is 0. The van der Waals surface area contributed by atoms with Crippen molar-refractivity contribution in [1.82, 2.24) is 0 Å². The van der Waals surface area contributed by atoms with Gasteiger partial charge in [0.1, 0.15) is 0 Å². The fourth-order valence-electron chi connectivity index (χ4n) is 2.72. The van der Waals surface area contributed by atoms with E-state index < -0.39 is 9.05 Å². The number of rotatable bonds is 1. The van der Waals surface area contributed by atoms with Crippen LogP contribution in [-0.2, 0) is 9.05 Å². The average molecular weight is 209 g/mol. The Bertz CT molecular complexity index is 273. The molecule has 0 N–H and O–H groups in total. The van der Waals surface area contributed by atoms with Crippen LogP contribution in [0.25, 0.3) is 0 Å². The SMILES string of the molecule is O=S(=O)(Cl)C1CCC2CCC1C2. The lowest BCUT2D eigenvalue weighted by Gasteiger charge is -2.25. The standard InChI is InChI=1S/C8H13ClO2S/c9-12(10,11)8-4-2-6-1-3-7(8)5-6/h6-8H,1-5H2. The number of fused-ring (bicyclic) bond motifs is 2. The Morgan fingerprint density at radius 3 is 2.42 bits per heavy atom. The highest BCUT2D eigenvalue weighted by molar-refractivity contribution is 8.14. The van der Waals surface area contributed by atoms with E-state index in [1.165, 1.54) is 6.42 Å². The van der Waals surface area contributed by atoms with Crippen LogP contribution >= 0.6 is 10.7 Å².